The highest BCUT2D eigenvalue weighted by Gasteiger charge is 2.36. The molecule has 1 aromatic carbocycles. The molecule has 2 aromatic rings. The minimum atomic E-state index is -0.969. The summed E-state index contributed by atoms with van der Waals surface area (Å²) in [6.45, 7) is 2.25. The van der Waals surface area contributed by atoms with Crippen molar-refractivity contribution in [2.75, 3.05) is 0 Å². The Morgan fingerprint density at radius 3 is 2.73 bits per heavy atom. The van der Waals surface area contributed by atoms with Gasteiger partial charge in [0.05, 0.1) is 4.88 Å². The van der Waals surface area contributed by atoms with Crippen molar-refractivity contribution in [2.24, 2.45) is 0 Å². The Bertz CT molecular complexity index is 756. The molecule has 114 valence electrons. The van der Waals surface area contributed by atoms with Gasteiger partial charge in [-0.2, -0.15) is 0 Å². The van der Waals surface area contributed by atoms with Gasteiger partial charge in [0.1, 0.15) is 6.04 Å². The summed E-state index contributed by atoms with van der Waals surface area (Å²) in [6.07, 6.45) is 0.322. The van der Waals surface area contributed by atoms with E-state index in [1.807, 2.05) is 31.2 Å². The third kappa shape index (κ3) is 2.68. The van der Waals surface area contributed by atoms with Crippen molar-refractivity contribution in [1.29, 1.82) is 0 Å². The molecule has 0 radical (unpaired) electrons. The topological polar surface area (TPSA) is 57.6 Å². The summed E-state index contributed by atoms with van der Waals surface area (Å²) in [6, 6.07) is 8.55. The summed E-state index contributed by atoms with van der Waals surface area (Å²) >= 11 is 4.86. The molecule has 1 aliphatic heterocycles. The highest BCUT2D eigenvalue weighted by Crippen LogP contribution is 2.31. The van der Waals surface area contributed by atoms with Crippen LogP contribution in [0.5, 0.6) is 0 Å². The number of carboxylic acids is 1. The molecule has 6 heteroatoms. The number of hydrogen-bond acceptors (Lipinski definition) is 3. The van der Waals surface area contributed by atoms with Gasteiger partial charge in [-0.3, -0.25) is 4.79 Å². The Morgan fingerprint density at radius 2 is 2.09 bits per heavy atom. The number of rotatable bonds is 2. The minimum Gasteiger partial charge on any atom is -0.480 e. The number of aryl methyl sites for hydroxylation is 1. The summed E-state index contributed by atoms with van der Waals surface area (Å²) in [5.74, 6) is -1.18. The molecule has 3 rings (SSSR count). The van der Waals surface area contributed by atoms with E-state index in [2.05, 4.69) is 15.9 Å². The van der Waals surface area contributed by atoms with Crippen LogP contribution in [-0.2, 0) is 17.8 Å². The van der Waals surface area contributed by atoms with Crippen LogP contribution in [0.4, 0.5) is 0 Å². The first-order valence-corrected chi connectivity index (χ1v) is 8.45. The zero-order chi connectivity index (χ0) is 15.9. The van der Waals surface area contributed by atoms with E-state index in [9.17, 15) is 14.7 Å². The average Bonchev–Trinajstić information content (AvgIpc) is 2.92. The predicted octanol–water partition coefficient (Wildman–Crippen LogP) is 3.47. The molecular formula is C16H14BrNO3S. The van der Waals surface area contributed by atoms with Crippen molar-refractivity contribution in [3.8, 4) is 0 Å². The fraction of sp³-hybridized carbons (Fsp3) is 0.250. The molecule has 0 saturated carbocycles. The van der Waals surface area contributed by atoms with E-state index >= 15 is 0 Å². The number of hydrogen-bond donors (Lipinski definition) is 1. The van der Waals surface area contributed by atoms with Crippen LogP contribution in [-0.4, -0.2) is 27.9 Å². The van der Waals surface area contributed by atoms with Crippen LogP contribution in [0.2, 0.25) is 0 Å². The van der Waals surface area contributed by atoms with E-state index in [0.717, 1.165) is 20.5 Å². The van der Waals surface area contributed by atoms with Gasteiger partial charge in [-0.25, -0.2) is 4.79 Å². The number of amides is 1. The first kappa shape index (κ1) is 15.2. The van der Waals surface area contributed by atoms with Gasteiger partial charge >= 0.3 is 5.97 Å². The first-order chi connectivity index (χ1) is 10.5. The summed E-state index contributed by atoms with van der Waals surface area (Å²) < 4.78 is 0.898. The van der Waals surface area contributed by atoms with Crippen LogP contribution in [0.1, 0.15) is 25.7 Å². The molecule has 0 saturated heterocycles. The highest BCUT2D eigenvalue weighted by molar-refractivity contribution is 9.10. The molecule has 1 aliphatic rings. The fourth-order valence-corrected chi connectivity index (χ4v) is 4.10. The van der Waals surface area contributed by atoms with E-state index in [1.54, 1.807) is 6.07 Å². The number of nitrogens with zero attached hydrogens (tertiary/aromatic N) is 1. The second-order valence-corrected chi connectivity index (χ2v) is 7.42. The lowest BCUT2D eigenvalue weighted by Crippen LogP contribution is -2.48. The van der Waals surface area contributed by atoms with Crippen LogP contribution < -0.4 is 0 Å². The number of aliphatic carboxylic acids is 1. The lowest BCUT2D eigenvalue weighted by atomic mass is 9.94. The Morgan fingerprint density at radius 1 is 1.32 bits per heavy atom. The second-order valence-electron chi connectivity index (χ2n) is 5.28. The van der Waals surface area contributed by atoms with E-state index in [1.165, 1.54) is 16.2 Å². The number of benzene rings is 1. The SMILES string of the molecule is Cc1ccc(C(=O)N2Cc3cccc(Br)c3CC2C(=O)O)s1. The summed E-state index contributed by atoms with van der Waals surface area (Å²) in [5.41, 5.74) is 1.97. The Kier molecular flexibility index (Phi) is 4.06. The van der Waals surface area contributed by atoms with Gasteiger partial charge in [0.2, 0.25) is 0 Å². The summed E-state index contributed by atoms with van der Waals surface area (Å²) in [4.78, 5) is 27.4. The molecule has 1 atom stereocenters. The van der Waals surface area contributed by atoms with E-state index in [0.29, 0.717) is 17.8 Å². The van der Waals surface area contributed by atoms with Gasteiger partial charge in [-0.05, 0) is 36.2 Å². The van der Waals surface area contributed by atoms with Crippen LogP contribution in [0.25, 0.3) is 0 Å². The van der Waals surface area contributed by atoms with E-state index in [4.69, 9.17) is 0 Å². The molecule has 0 aliphatic carbocycles. The van der Waals surface area contributed by atoms with Crippen molar-refractivity contribution < 1.29 is 14.7 Å². The fourth-order valence-electron chi connectivity index (χ4n) is 2.70. The van der Waals surface area contributed by atoms with Crippen LogP contribution in [0, 0.1) is 6.92 Å². The Hall–Kier alpha value is -1.66. The van der Waals surface area contributed by atoms with Gasteiger partial charge in [-0.15, -0.1) is 11.3 Å². The van der Waals surface area contributed by atoms with E-state index in [-0.39, 0.29) is 5.91 Å². The third-order valence-corrected chi connectivity index (χ3v) is 5.56. The number of halogens is 1. The molecule has 4 nitrogen and oxygen atoms in total. The average molecular weight is 380 g/mol. The largest absolute Gasteiger partial charge is 0.480 e. The van der Waals surface area contributed by atoms with Gasteiger partial charge in [0.25, 0.3) is 5.91 Å². The first-order valence-electron chi connectivity index (χ1n) is 6.84. The Labute approximate surface area is 140 Å². The lowest BCUT2D eigenvalue weighted by molar-refractivity contribution is -0.142. The molecule has 1 N–H and O–H groups in total. The molecule has 1 aromatic heterocycles. The van der Waals surface area contributed by atoms with Gasteiger partial charge in [0, 0.05) is 22.3 Å². The third-order valence-electron chi connectivity index (χ3n) is 3.83. The van der Waals surface area contributed by atoms with Crippen LogP contribution >= 0.6 is 27.3 Å². The lowest BCUT2D eigenvalue weighted by Gasteiger charge is -2.34. The quantitative estimate of drug-likeness (QED) is 0.868. The Balaban J connectivity index is 1.99. The number of fused-ring (bicyclic) bond motifs is 1. The molecule has 2 heterocycles. The molecular weight excluding hydrogens is 366 g/mol. The maximum Gasteiger partial charge on any atom is 0.326 e. The monoisotopic (exact) mass is 379 g/mol. The molecule has 1 amide bonds. The normalized spacial score (nSPS) is 17.2. The van der Waals surface area contributed by atoms with Crippen LogP contribution in [0.15, 0.2) is 34.8 Å². The molecule has 1 unspecified atom stereocenters. The highest BCUT2D eigenvalue weighted by atomic mass is 79.9. The maximum atomic E-state index is 12.7. The van der Waals surface area contributed by atoms with Crippen molar-refractivity contribution >= 4 is 39.1 Å². The molecule has 0 fully saturated rings. The minimum absolute atomic E-state index is 0.212. The molecule has 0 bridgehead atoms. The number of carboxylic acid groups (broad SMARTS) is 1. The summed E-state index contributed by atoms with van der Waals surface area (Å²) in [7, 11) is 0. The molecule has 0 spiro atoms. The van der Waals surface area contributed by atoms with Crippen molar-refractivity contribution in [1.82, 2.24) is 4.90 Å². The number of thiophene rings is 1. The van der Waals surface area contributed by atoms with Gasteiger partial charge in [-0.1, -0.05) is 28.1 Å². The predicted molar refractivity (Wildman–Crippen MR) is 88.2 cm³/mol. The number of carbonyl (C=O) groups excluding carboxylic acids is 1. The van der Waals surface area contributed by atoms with E-state index < -0.39 is 12.0 Å². The zero-order valence-corrected chi connectivity index (χ0v) is 14.3. The van der Waals surface area contributed by atoms with Crippen molar-refractivity contribution in [2.45, 2.75) is 25.9 Å². The zero-order valence-electron chi connectivity index (χ0n) is 11.9. The molecule has 22 heavy (non-hydrogen) atoms. The number of carbonyl (C=O) groups is 2. The standard InChI is InChI=1S/C16H14BrNO3S/c1-9-5-6-14(22-9)15(19)18-8-10-3-2-4-12(17)11(10)7-13(18)16(20)21/h2-6,13H,7-8H2,1H3,(H,20,21). The summed E-state index contributed by atoms with van der Waals surface area (Å²) in [5, 5.41) is 9.52. The van der Waals surface area contributed by atoms with Gasteiger partial charge < -0.3 is 10.0 Å². The maximum absolute atomic E-state index is 12.7. The van der Waals surface area contributed by atoms with Crippen LogP contribution in [0.3, 0.4) is 0 Å². The second kappa shape index (κ2) is 5.85. The smallest absolute Gasteiger partial charge is 0.326 e. The van der Waals surface area contributed by atoms with Crippen molar-refractivity contribution in [3.05, 3.63) is 55.7 Å². The van der Waals surface area contributed by atoms with Crippen molar-refractivity contribution in [3.63, 3.8) is 0 Å². The van der Waals surface area contributed by atoms with Gasteiger partial charge in [0.15, 0.2) is 0 Å².